The third-order valence-corrected chi connectivity index (χ3v) is 6.66. The van der Waals surface area contributed by atoms with Crippen molar-refractivity contribution in [2.75, 3.05) is 13.6 Å². The minimum Gasteiger partial charge on any atom is -0.377 e. The van der Waals surface area contributed by atoms with Gasteiger partial charge in [0.1, 0.15) is 0 Å². The van der Waals surface area contributed by atoms with E-state index < -0.39 is 0 Å². The van der Waals surface area contributed by atoms with Crippen molar-refractivity contribution in [2.45, 2.75) is 41.0 Å². The highest BCUT2D eigenvalue weighted by Crippen LogP contribution is 2.57. The molecule has 4 rings (SSSR count). The fraction of sp³-hybridized carbons (Fsp3) is 0.778. The molecule has 0 aromatic rings. The Balaban J connectivity index is 2.15. The Kier molecular flexibility index (Phi) is 2.89. The second-order valence-corrected chi connectivity index (χ2v) is 7.81. The van der Waals surface area contributed by atoms with Gasteiger partial charge in [0.05, 0.1) is 0 Å². The molecule has 3 atom stereocenters. The molecule has 2 unspecified atom stereocenters. The van der Waals surface area contributed by atoms with E-state index in [0.717, 1.165) is 29.6 Å². The largest absolute Gasteiger partial charge is 0.377 e. The standard InChI is InChI=1S/C18H29N/c1-11-9-10-19(6)17-15(18(11,4)5)8-7-14-12(2)16(17)13(14)3/h7-8,11-14,16H,9-10H2,1-6H3/t11-,12?,13?,14?,16?/m1/s1. The lowest BCUT2D eigenvalue weighted by molar-refractivity contribution is 0.0471. The lowest BCUT2D eigenvalue weighted by Crippen LogP contribution is -2.46. The van der Waals surface area contributed by atoms with Gasteiger partial charge in [0, 0.05) is 25.2 Å². The highest BCUT2D eigenvalue weighted by atomic mass is 15.1. The molecule has 1 heterocycles. The second-order valence-electron chi connectivity index (χ2n) is 7.81. The molecule has 0 saturated heterocycles. The molecule has 0 spiro atoms. The fourth-order valence-corrected chi connectivity index (χ4v) is 4.75. The Morgan fingerprint density at radius 2 is 1.79 bits per heavy atom. The molecule has 0 amide bonds. The van der Waals surface area contributed by atoms with Crippen LogP contribution in [-0.4, -0.2) is 18.5 Å². The van der Waals surface area contributed by atoms with E-state index in [2.05, 4.69) is 58.7 Å². The maximum absolute atomic E-state index is 2.57. The average molecular weight is 259 g/mol. The Hall–Kier alpha value is -0.720. The van der Waals surface area contributed by atoms with Crippen LogP contribution in [0, 0.1) is 35.0 Å². The Morgan fingerprint density at radius 3 is 2.42 bits per heavy atom. The number of hydrogen-bond donors (Lipinski definition) is 0. The highest BCUT2D eigenvalue weighted by molar-refractivity contribution is 5.39. The molecule has 0 aromatic carbocycles. The second kappa shape index (κ2) is 4.14. The van der Waals surface area contributed by atoms with Gasteiger partial charge in [-0.25, -0.2) is 0 Å². The summed E-state index contributed by atoms with van der Waals surface area (Å²) in [6, 6.07) is 0. The minimum absolute atomic E-state index is 0.313. The van der Waals surface area contributed by atoms with Crippen LogP contribution in [0.2, 0.25) is 0 Å². The average Bonchev–Trinajstić information content (AvgIpc) is 2.65. The minimum atomic E-state index is 0.313. The van der Waals surface area contributed by atoms with E-state index in [4.69, 9.17) is 0 Å². The molecule has 0 N–H and O–H groups in total. The van der Waals surface area contributed by atoms with Crippen molar-refractivity contribution in [3.8, 4) is 0 Å². The van der Waals surface area contributed by atoms with Crippen molar-refractivity contribution >= 4 is 0 Å². The summed E-state index contributed by atoms with van der Waals surface area (Å²) in [6.45, 7) is 13.5. The molecule has 106 valence electrons. The summed E-state index contributed by atoms with van der Waals surface area (Å²) < 4.78 is 0. The van der Waals surface area contributed by atoms with Gasteiger partial charge in [-0.05, 0) is 41.1 Å². The summed E-state index contributed by atoms with van der Waals surface area (Å²) in [5, 5.41) is 0. The molecule has 4 aliphatic rings. The molecule has 0 radical (unpaired) electrons. The van der Waals surface area contributed by atoms with E-state index in [1.807, 2.05) is 0 Å². The van der Waals surface area contributed by atoms with Crippen LogP contribution < -0.4 is 0 Å². The molecule has 1 nitrogen and oxygen atoms in total. The zero-order valence-electron chi connectivity index (χ0n) is 13.4. The first-order valence-electron chi connectivity index (χ1n) is 7.99. The number of hydrogen-bond acceptors (Lipinski definition) is 1. The number of nitrogens with zero attached hydrogens (tertiary/aromatic N) is 1. The first-order chi connectivity index (χ1) is 8.85. The highest BCUT2D eigenvalue weighted by Gasteiger charge is 2.50. The zero-order valence-corrected chi connectivity index (χ0v) is 13.4. The molecule has 1 saturated carbocycles. The predicted octanol–water partition coefficient (Wildman–Crippen LogP) is 4.33. The van der Waals surface area contributed by atoms with E-state index in [-0.39, 0.29) is 0 Å². The van der Waals surface area contributed by atoms with Gasteiger partial charge < -0.3 is 4.90 Å². The first kappa shape index (κ1) is 13.3. The third kappa shape index (κ3) is 1.66. The van der Waals surface area contributed by atoms with Gasteiger partial charge >= 0.3 is 0 Å². The van der Waals surface area contributed by atoms with Crippen LogP contribution in [0.4, 0.5) is 0 Å². The normalized spacial score (nSPS) is 44.3. The van der Waals surface area contributed by atoms with E-state index in [1.165, 1.54) is 13.0 Å². The molecule has 0 aromatic heterocycles. The van der Waals surface area contributed by atoms with Crippen LogP contribution in [0.25, 0.3) is 0 Å². The smallest absolute Gasteiger partial charge is 0.0205 e. The summed E-state index contributed by atoms with van der Waals surface area (Å²) >= 11 is 0. The van der Waals surface area contributed by atoms with Crippen LogP contribution in [0.1, 0.15) is 41.0 Å². The number of rotatable bonds is 0. The van der Waals surface area contributed by atoms with Crippen molar-refractivity contribution in [1.82, 2.24) is 4.90 Å². The molecule has 1 heteroatoms. The van der Waals surface area contributed by atoms with Crippen LogP contribution >= 0.6 is 0 Å². The fourth-order valence-electron chi connectivity index (χ4n) is 4.75. The maximum Gasteiger partial charge on any atom is 0.0205 e. The van der Waals surface area contributed by atoms with Gasteiger partial charge in [0.15, 0.2) is 0 Å². The number of allylic oxidation sites excluding steroid dienone is 4. The Morgan fingerprint density at radius 1 is 1.16 bits per heavy atom. The van der Waals surface area contributed by atoms with Crippen molar-refractivity contribution in [2.24, 2.45) is 35.0 Å². The summed E-state index contributed by atoms with van der Waals surface area (Å²) in [5.41, 5.74) is 3.61. The molecule has 1 fully saturated rings. The maximum atomic E-state index is 2.57. The van der Waals surface area contributed by atoms with Crippen LogP contribution in [0.15, 0.2) is 23.4 Å². The Bertz CT molecular complexity index is 433. The molecular weight excluding hydrogens is 230 g/mol. The van der Waals surface area contributed by atoms with Crippen molar-refractivity contribution in [3.63, 3.8) is 0 Å². The third-order valence-electron chi connectivity index (χ3n) is 6.66. The van der Waals surface area contributed by atoms with E-state index >= 15 is 0 Å². The van der Waals surface area contributed by atoms with Gasteiger partial charge in [-0.2, -0.15) is 0 Å². The van der Waals surface area contributed by atoms with Gasteiger partial charge in [-0.15, -0.1) is 0 Å². The topological polar surface area (TPSA) is 3.24 Å². The van der Waals surface area contributed by atoms with Gasteiger partial charge in [0.25, 0.3) is 0 Å². The van der Waals surface area contributed by atoms with Crippen molar-refractivity contribution in [3.05, 3.63) is 23.4 Å². The van der Waals surface area contributed by atoms with Crippen LogP contribution in [-0.2, 0) is 0 Å². The van der Waals surface area contributed by atoms with E-state index in [9.17, 15) is 0 Å². The summed E-state index contributed by atoms with van der Waals surface area (Å²) in [7, 11) is 2.31. The van der Waals surface area contributed by atoms with Crippen LogP contribution in [0.3, 0.4) is 0 Å². The SMILES string of the molecule is CC1C2C=CC3=C(C1C2C)N(C)CC[C@@H](C)C3(C)C. The molecule has 3 aliphatic carbocycles. The van der Waals surface area contributed by atoms with Crippen molar-refractivity contribution < 1.29 is 0 Å². The summed E-state index contributed by atoms with van der Waals surface area (Å²) in [6.07, 6.45) is 6.31. The van der Waals surface area contributed by atoms with E-state index in [1.54, 1.807) is 11.3 Å². The van der Waals surface area contributed by atoms with Crippen molar-refractivity contribution in [1.29, 1.82) is 0 Å². The van der Waals surface area contributed by atoms with Gasteiger partial charge in [-0.3, -0.25) is 0 Å². The molecule has 1 aliphatic heterocycles. The monoisotopic (exact) mass is 259 g/mol. The lowest BCUT2D eigenvalue weighted by atomic mass is 9.57. The predicted molar refractivity (Wildman–Crippen MR) is 81.7 cm³/mol. The summed E-state index contributed by atoms with van der Waals surface area (Å²) in [5.74, 6) is 3.99. The lowest BCUT2D eigenvalue weighted by Gasteiger charge is -2.50. The van der Waals surface area contributed by atoms with Crippen LogP contribution in [0.5, 0.6) is 0 Å². The quantitative estimate of drug-likeness (QED) is 0.626. The van der Waals surface area contributed by atoms with E-state index in [0.29, 0.717) is 5.41 Å². The van der Waals surface area contributed by atoms with Gasteiger partial charge in [0.2, 0.25) is 0 Å². The zero-order chi connectivity index (χ0) is 13.9. The summed E-state index contributed by atoms with van der Waals surface area (Å²) in [4.78, 5) is 2.57. The molecule has 2 bridgehead atoms. The molecular formula is C18H29N. The van der Waals surface area contributed by atoms with Gasteiger partial charge in [-0.1, -0.05) is 46.8 Å². The Labute approximate surface area is 118 Å². The molecule has 19 heavy (non-hydrogen) atoms. The first-order valence-corrected chi connectivity index (χ1v) is 7.99.